The lowest BCUT2D eigenvalue weighted by Gasteiger charge is -2.26. The Balaban J connectivity index is 1.82. The van der Waals surface area contributed by atoms with Crippen molar-refractivity contribution < 1.29 is 31.9 Å². The molecule has 4 rings (SSSR count). The van der Waals surface area contributed by atoms with E-state index in [1.54, 1.807) is 32.0 Å². The van der Waals surface area contributed by atoms with E-state index in [4.69, 9.17) is 4.74 Å². The molecule has 1 fully saturated rings. The third-order valence-electron chi connectivity index (χ3n) is 9.52. The van der Waals surface area contributed by atoms with Gasteiger partial charge in [0.2, 0.25) is 5.91 Å². The van der Waals surface area contributed by atoms with Gasteiger partial charge in [-0.15, -0.1) is 13.2 Å². The van der Waals surface area contributed by atoms with Crippen molar-refractivity contribution in [3.05, 3.63) is 117 Å². The molecular formula is C42H51F4N3O4. The maximum absolute atomic E-state index is 16.6. The highest BCUT2D eigenvalue weighted by Gasteiger charge is 2.36. The van der Waals surface area contributed by atoms with Crippen molar-refractivity contribution in [2.75, 3.05) is 27.2 Å². The molecule has 1 N–H and O–H groups in total. The number of hydrogen-bond acceptors (Lipinski definition) is 5. The number of halogens is 4. The van der Waals surface area contributed by atoms with Crippen molar-refractivity contribution in [2.45, 2.75) is 95.8 Å². The number of alkyl halides is 3. The summed E-state index contributed by atoms with van der Waals surface area (Å²) in [6, 6.07) is 7.60. The number of hydrogen-bond donors (Lipinski definition) is 1. The van der Waals surface area contributed by atoms with Gasteiger partial charge in [0.25, 0.3) is 5.56 Å². The number of nitrogens with zero attached hydrogens (tertiary/aromatic N) is 2. The molecule has 0 saturated heterocycles. The molecule has 1 aromatic heterocycles. The van der Waals surface area contributed by atoms with E-state index < -0.39 is 53.5 Å². The Morgan fingerprint density at radius 3 is 2.42 bits per heavy atom. The van der Waals surface area contributed by atoms with E-state index in [9.17, 15) is 27.6 Å². The van der Waals surface area contributed by atoms with Crippen molar-refractivity contribution in [1.29, 1.82) is 0 Å². The van der Waals surface area contributed by atoms with Crippen molar-refractivity contribution >= 4 is 11.9 Å². The highest BCUT2D eigenvalue weighted by Crippen LogP contribution is 2.45. The second kappa shape index (κ2) is 18.5. The van der Waals surface area contributed by atoms with E-state index in [1.807, 2.05) is 31.2 Å². The third kappa shape index (κ3) is 11.0. The fourth-order valence-corrected chi connectivity index (χ4v) is 6.63. The smallest absolute Gasteiger partial charge is 0.416 e. The van der Waals surface area contributed by atoms with Gasteiger partial charge in [-0.05, 0) is 125 Å². The quantitative estimate of drug-likeness (QED) is 0.0576. The predicted molar refractivity (Wildman–Crippen MR) is 200 cm³/mol. The Morgan fingerprint density at radius 1 is 1.06 bits per heavy atom. The monoisotopic (exact) mass is 737 g/mol. The number of likely N-dealkylation sites (N-methyl/N-ethyl adjacent to an activating group) is 1. The number of pyridine rings is 1. The molecule has 1 aliphatic carbocycles. The zero-order valence-corrected chi connectivity index (χ0v) is 31.2. The van der Waals surface area contributed by atoms with Crippen LogP contribution in [0.2, 0.25) is 0 Å². The predicted octanol–water partition coefficient (Wildman–Crippen LogP) is 8.79. The molecule has 3 aromatic rings. The summed E-state index contributed by atoms with van der Waals surface area (Å²) in [5.74, 6) is -2.01. The first kappa shape index (κ1) is 41.2. The lowest BCUT2D eigenvalue weighted by atomic mass is 9.89. The summed E-state index contributed by atoms with van der Waals surface area (Å²) >= 11 is 0. The lowest BCUT2D eigenvalue weighted by molar-refractivity contribution is -0.144. The standard InChI is InChI=1S/C42H51F4N3O4/c1-7-10-11-12-14-29-21-27(4)15-18-32(29)31-22-33(28-16-17-28)40(43)34(23-31)36(25-39(51)53-9-3)47-41(52)37(13-8-2)49-26-30(19-20-48(5)6)35(24-38(49)50)42(44,45)46/h7-8,15,18,21-24,26,28,36-37H,1-2,9-14,16-17,19-20,25H2,3-6H3,(H,47,52)/t36-,37-/m0/s1. The molecule has 1 amide bonds. The van der Waals surface area contributed by atoms with Crippen molar-refractivity contribution in [3.8, 4) is 11.1 Å². The molecule has 7 nitrogen and oxygen atoms in total. The Labute approximate surface area is 309 Å². The number of carbonyl (C=O) groups is 2. The molecule has 0 unspecified atom stereocenters. The number of unbranched alkanes of at least 4 members (excludes halogenated alkanes) is 2. The number of ether oxygens (including phenoxy) is 1. The number of carbonyl (C=O) groups excluding carboxylic acids is 2. The molecule has 1 heterocycles. The summed E-state index contributed by atoms with van der Waals surface area (Å²) in [5.41, 5.74) is 2.18. The van der Waals surface area contributed by atoms with Crippen LogP contribution in [0.3, 0.4) is 0 Å². The summed E-state index contributed by atoms with van der Waals surface area (Å²) in [6.45, 7) is 11.5. The Morgan fingerprint density at radius 2 is 1.79 bits per heavy atom. The van der Waals surface area contributed by atoms with Crippen molar-refractivity contribution in [2.24, 2.45) is 0 Å². The van der Waals surface area contributed by atoms with Crippen LogP contribution in [0.5, 0.6) is 0 Å². The molecule has 0 spiro atoms. The summed E-state index contributed by atoms with van der Waals surface area (Å²) in [5, 5.41) is 2.80. The summed E-state index contributed by atoms with van der Waals surface area (Å²) in [6.07, 6.45) is 4.17. The van der Waals surface area contributed by atoms with Gasteiger partial charge in [-0.3, -0.25) is 14.4 Å². The van der Waals surface area contributed by atoms with Crippen LogP contribution in [0.25, 0.3) is 11.1 Å². The maximum atomic E-state index is 16.6. The minimum atomic E-state index is -4.79. The van der Waals surface area contributed by atoms with Gasteiger partial charge in [-0.1, -0.05) is 35.9 Å². The van der Waals surface area contributed by atoms with E-state index in [2.05, 4.69) is 24.5 Å². The molecule has 0 radical (unpaired) electrons. The van der Waals surface area contributed by atoms with Gasteiger partial charge < -0.3 is 19.5 Å². The zero-order chi connectivity index (χ0) is 38.9. The normalized spacial score (nSPS) is 14.1. The van der Waals surface area contributed by atoms with E-state index >= 15 is 4.39 Å². The number of amides is 1. The summed E-state index contributed by atoms with van der Waals surface area (Å²) in [4.78, 5) is 42.2. The Hall–Kier alpha value is -4.51. The van der Waals surface area contributed by atoms with Crippen LogP contribution in [0.4, 0.5) is 17.6 Å². The summed E-state index contributed by atoms with van der Waals surface area (Å²) < 4.78 is 64.9. The molecule has 0 bridgehead atoms. The van der Waals surface area contributed by atoms with E-state index in [0.29, 0.717) is 11.6 Å². The Bertz CT molecular complexity index is 1840. The first-order chi connectivity index (χ1) is 25.2. The molecule has 286 valence electrons. The molecular weight excluding hydrogens is 686 g/mol. The van der Waals surface area contributed by atoms with Gasteiger partial charge in [-0.25, -0.2) is 4.39 Å². The molecule has 1 aliphatic rings. The van der Waals surface area contributed by atoms with Crippen LogP contribution in [-0.4, -0.2) is 48.6 Å². The second-order valence-electron chi connectivity index (χ2n) is 14.1. The lowest BCUT2D eigenvalue weighted by Crippen LogP contribution is -2.40. The fraction of sp³-hybridized carbons (Fsp3) is 0.452. The molecule has 11 heteroatoms. The molecule has 2 atom stereocenters. The first-order valence-corrected chi connectivity index (χ1v) is 18.3. The minimum Gasteiger partial charge on any atom is -0.466 e. The highest BCUT2D eigenvalue weighted by molar-refractivity contribution is 5.82. The molecule has 53 heavy (non-hydrogen) atoms. The number of nitrogens with one attached hydrogen (secondary N) is 1. The van der Waals surface area contributed by atoms with Crippen LogP contribution in [0.1, 0.15) is 103 Å². The van der Waals surface area contributed by atoms with Gasteiger partial charge in [-0.2, -0.15) is 13.2 Å². The van der Waals surface area contributed by atoms with Crippen LogP contribution in [0, 0.1) is 12.7 Å². The van der Waals surface area contributed by atoms with Gasteiger partial charge >= 0.3 is 12.1 Å². The number of esters is 1. The van der Waals surface area contributed by atoms with E-state index in [1.165, 1.54) is 6.08 Å². The Kier molecular flexibility index (Phi) is 14.4. The number of benzene rings is 2. The van der Waals surface area contributed by atoms with E-state index in [-0.39, 0.29) is 43.0 Å². The fourth-order valence-electron chi connectivity index (χ4n) is 6.63. The topological polar surface area (TPSA) is 80.6 Å². The van der Waals surface area contributed by atoms with Crippen molar-refractivity contribution in [1.82, 2.24) is 14.8 Å². The van der Waals surface area contributed by atoms with Gasteiger partial charge in [0.1, 0.15) is 11.9 Å². The number of rotatable bonds is 19. The number of aryl methyl sites for hydroxylation is 2. The second-order valence-corrected chi connectivity index (χ2v) is 14.1. The van der Waals surface area contributed by atoms with Crippen LogP contribution < -0.4 is 10.9 Å². The summed E-state index contributed by atoms with van der Waals surface area (Å²) in [7, 11) is 3.43. The van der Waals surface area contributed by atoms with E-state index in [0.717, 1.165) is 71.5 Å². The van der Waals surface area contributed by atoms with Gasteiger partial charge in [0, 0.05) is 24.4 Å². The number of aromatic nitrogens is 1. The average molecular weight is 738 g/mol. The average Bonchev–Trinajstić information content (AvgIpc) is 3.94. The SMILES string of the molecule is C=CCCCCc1cc(C)ccc1-c1cc(C2CC2)c(F)c([C@H](CC(=O)OCC)NC(=O)[C@H](CC=C)n2cc(CCN(C)C)c(C(F)(F)F)cc2=O)c1. The largest absolute Gasteiger partial charge is 0.466 e. The van der Waals surface area contributed by atoms with Gasteiger partial charge in [0.15, 0.2) is 0 Å². The maximum Gasteiger partial charge on any atom is 0.416 e. The number of allylic oxidation sites excluding steroid dienone is 2. The van der Waals surface area contributed by atoms with Crippen LogP contribution in [-0.2, 0) is 33.3 Å². The molecule has 2 aromatic carbocycles. The zero-order valence-electron chi connectivity index (χ0n) is 31.2. The third-order valence-corrected chi connectivity index (χ3v) is 9.52. The van der Waals surface area contributed by atoms with Crippen LogP contribution in [0.15, 0.2) is 72.7 Å². The minimum absolute atomic E-state index is 0.0195. The molecule has 0 aliphatic heterocycles. The van der Waals surface area contributed by atoms with Crippen LogP contribution >= 0.6 is 0 Å². The first-order valence-electron chi connectivity index (χ1n) is 18.3. The van der Waals surface area contributed by atoms with Gasteiger partial charge in [0.05, 0.1) is 24.6 Å². The van der Waals surface area contributed by atoms with Crippen molar-refractivity contribution in [3.63, 3.8) is 0 Å². The molecule has 1 saturated carbocycles. The highest BCUT2D eigenvalue weighted by atomic mass is 19.4.